The first-order valence-corrected chi connectivity index (χ1v) is 16.4. The highest BCUT2D eigenvalue weighted by molar-refractivity contribution is 6.27. The van der Waals surface area contributed by atoms with E-state index in [-0.39, 0.29) is 5.54 Å². The fraction of sp³-hybridized carbons (Fsp3) is 0.0909. The van der Waals surface area contributed by atoms with Gasteiger partial charge in [-0.1, -0.05) is 97.1 Å². The maximum absolute atomic E-state index is 6.39. The van der Waals surface area contributed by atoms with Crippen molar-refractivity contribution in [3.63, 3.8) is 0 Å². The van der Waals surface area contributed by atoms with Crippen molar-refractivity contribution in [1.29, 1.82) is 0 Å². The quantitative estimate of drug-likeness (QED) is 0.200. The zero-order chi connectivity index (χ0) is 31.3. The minimum Gasteiger partial charge on any atom is -0.456 e. The van der Waals surface area contributed by atoms with E-state index in [9.17, 15) is 0 Å². The normalized spacial score (nSPS) is 17.1. The first-order valence-electron chi connectivity index (χ1n) is 16.4. The van der Waals surface area contributed by atoms with Gasteiger partial charge in [0, 0.05) is 49.7 Å². The van der Waals surface area contributed by atoms with Gasteiger partial charge in [0.2, 0.25) is 0 Å². The van der Waals surface area contributed by atoms with Crippen molar-refractivity contribution in [3.05, 3.63) is 157 Å². The molecule has 6 aromatic carbocycles. The fourth-order valence-corrected chi connectivity index (χ4v) is 8.34. The molecule has 0 radical (unpaired) electrons. The summed E-state index contributed by atoms with van der Waals surface area (Å²) in [6.07, 6.45) is 7.77. The molecule has 0 N–H and O–H groups in total. The number of fused-ring (bicyclic) bond motifs is 10. The summed E-state index contributed by atoms with van der Waals surface area (Å²) in [6.45, 7) is 4.50. The van der Waals surface area contributed by atoms with Crippen LogP contribution in [0.5, 0.6) is 0 Å². The van der Waals surface area contributed by atoms with Crippen LogP contribution in [0.15, 0.2) is 150 Å². The molecule has 10 rings (SSSR count). The molecule has 1 aliphatic heterocycles. The van der Waals surface area contributed by atoms with E-state index in [4.69, 9.17) is 4.42 Å². The van der Waals surface area contributed by atoms with Gasteiger partial charge >= 0.3 is 0 Å². The second kappa shape index (κ2) is 9.60. The van der Waals surface area contributed by atoms with Gasteiger partial charge in [-0.05, 0) is 85.5 Å². The van der Waals surface area contributed by atoms with Crippen LogP contribution < -0.4 is 4.90 Å². The second-order valence-electron chi connectivity index (χ2n) is 13.2. The number of anilines is 2. The van der Waals surface area contributed by atoms with Crippen LogP contribution in [-0.2, 0) is 0 Å². The summed E-state index contributed by atoms with van der Waals surface area (Å²) in [4.78, 5) is 2.57. The zero-order valence-electron chi connectivity index (χ0n) is 26.4. The summed E-state index contributed by atoms with van der Waals surface area (Å²) >= 11 is 0. The molecule has 3 heterocycles. The lowest BCUT2D eigenvalue weighted by Gasteiger charge is -2.40. The van der Waals surface area contributed by atoms with Gasteiger partial charge in [-0.2, -0.15) is 0 Å². The number of benzene rings is 6. The Hall–Kier alpha value is -5.80. The molecule has 1 atom stereocenters. The predicted octanol–water partition coefficient (Wildman–Crippen LogP) is 11.9. The number of aromatic nitrogens is 1. The zero-order valence-corrected chi connectivity index (χ0v) is 26.4. The SMILES string of the molecule is Cc1ccc2c(c1)oc1ccc3c(c4ccccc4n3-c3cccc(-c4ccccc4N4c5ccccc5C5=CC=CCC54C)c3)c12. The first-order chi connectivity index (χ1) is 23.1. The summed E-state index contributed by atoms with van der Waals surface area (Å²) in [5.41, 5.74) is 14.0. The maximum Gasteiger partial charge on any atom is 0.136 e. The molecule has 0 saturated carbocycles. The van der Waals surface area contributed by atoms with Gasteiger partial charge < -0.3 is 13.9 Å². The fourth-order valence-electron chi connectivity index (χ4n) is 8.34. The van der Waals surface area contributed by atoms with E-state index in [0.717, 1.165) is 28.7 Å². The number of hydrogen-bond acceptors (Lipinski definition) is 2. The summed E-state index contributed by atoms with van der Waals surface area (Å²) in [5.74, 6) is 0. The average molecular weight is 605 g/mol. The standard InChI is InChI=1S/C44H32N2O/c1-28-21-22-34-41(26-28)47-40-24-23-39-42(43(34)40)33-16-5-6-18-36(33)45(39)30-13-11-12-29(27-30)31-14-3-7-19-37(31)46-38-20-8-4-15-32(38)35-17-9-10-25-44(35,46)2/h3-24,26-27H,25H2,1-2H3. The van der Waals surface area contributed by atoms with Crippen molar-refractivity contribution in [3.8, 4) is 16.8 Å². The van der Waals surface area contributed by atoms with Crippen LogP contribution in [0.2, 0.25) is 0 Å². The number of nitrogens with zero attached hydrogens (tertiary/aromatic N) is 2. The number of hydrogen-bond donors (Lipinski definition) is 0. The molecule has 0 saturated heterocycles. The van der Waals surface area contributed by atoms with Gasteiger partial charge in [0.25, 0.3) is 0 Å². The molecule has 2 aliphatic rings. The molecule has 0 amide bonds. The number of para-hydroxylation sites is 3. The molecular weight excluding hydrogens is 572 g/mol. The van der Waals surface area contributed by atoms with Crippen LogP contribution >= 0.6 is 0 Å². The number of furan rings is 1. The van der Waals surface area contributed by atoms with E-state index >= 15 is 0 Å². The number of aryl methyl sites for hydroxylation is 1. The smallest absolute Gasteiger partial charge is 0.136 e. The summed E-state index contributed by atoms with van der Waals surface area (Å²) in [5, 5.41) is 4.80. The third kappa shape index (κ3) is 3.63. The van der Waals surface area contributed by atoms with Gasteiger partial charge in [0.1, 0.15) is 11.2 Å². The summed E-state index contributed by atoms with van der Waals surface area (Å²) < 4.78 is 8.81. The lowest BCUT2D eigenvalue weighted by molar-refractivity contribution is 0.607. The minimum absolute atomic E-state index is 0.156. The Balaban J connectivity index is 1.20. The van der Waals surface area contributed by atoms with Crippen LogP contribution in [0.3, 0.4) is 0 Å². The molecular formula is C44H32N2O. The molecule has 3 nitrogen and oxygen atoms in total. The van der Waals surface area contributed by atoms with E-state index in [2.05, 4.69) is 169 Å². The second-order valence-corrected chi connectivity index (χ2v) is 13.2. The van der Waals surface area contributed by atoms with Crippen LogP contribution in [0.4, 0.5) is 11.4 Å². The lowest BCUT2D eigenvalue weighted by Crippen LogP contribution is -2.40. The number of rotatable bonds is 3. The molecule has 0 spiro atoms. The molecule has 1 aliphatic carbocycles. The highest BCUT2D eigenvalue weighted by Gasteiger charge is 2.45. The maximum atomic E-state index is 6.39. The first kappa shape index (κ1) is 26.4. The Labute approximate surface area is 273 Å². The molecule has 1 unspecified atom stereocenters. The van der Waals surface area contributed by atoms with Crippen LogP contribution in [0.25, 0.3) is 66.1 Å². The Bertz CT molecular complexity index is 2650. The van der Waals surface area contributed by atoms with Crippen molar-refractivity contribution in [2.45, 2.75) is 25.8 Å². The van der Waals surface area contributed by atoms with E-state index in [1.165, 1.54) is 66.4 Å². The summed E-state index contributed by atoms with van der Waals surface area (Å²) in [6, 6.07) is 46.4. The molecule has 47 heavy (non-hydrogen) atoms. The Kier molecular flexibility index (Phi) is 5.40. The molecule has 0 fully saturated rings. The predicted molar refractivity (Wildman–Crippen MR) is 197 cm³/mol. The summed E-state index contributed by atoms with van der Waals surface area (Å²) in [7, 11) is 0. The Morgan fingerprint density at radius 3 is 2.32 bits per heavy atom. The number of allylic oxidation sites excluding steroid dienone is 2. The van der Waals surface area contributed by atoms with Crippen molar-refractivity contribution < 1.29 is 4.42 Å². The lowest BCUT2D eigenvalue weighted by atomic mass is 9.83. The molecule has 224 valence electrons. The van der Waals surface area contributed by atoms with Gasteiger partial charge in [0.05, 0.1) is 16.6 Å². The van der Waals surface area contributed by atoms with Gasteiger partial charge in [-0.15, -0.1) is 0 Å². The third-order valence-electron chi connectivity index (χ3n) is 10.4. The average Bonchev–Trinajstić information content (AvgIpc) is 3.73. The monoisotopic (exact) mass is 604 g/mol. The van der Waals surface area contributed by atoms with E-state index in [1.807, 2.05) is 0 Å². The molecule has 0 bridgehead atoms. The Morgan fingerprint density at radius 2 is 1.43 bits per heavy atom. The van der Waals surface area contributed by atoms with Gasteiger partial charge in [-0.3, -0.25) is 0 Å². The van der Waals surface area contributed by atoms with Gasteiger partial charge in [-0.25, -0.2) is 0 Å². The van der Waals surface area contributed by atoms with Crippen LogP contribution in [0, 0.1) is 6.92 Å². The molecule has 2 aromatic heterocycles. The molecule has 8 aromatic rings. The van der Waals surface area contributed by atoms with Crippen molar-refractivity contribution in [2.75, 3.05) is 4.90 Å². The van der Waals surface area contributed by atoms with E-state index in [1.54, 1.807) is 0 Å². The topological polar surface area (TPSA) is 21.3 Å². The highest BCUT2D eigenvalue weighted by Crippen LogP contribution is 2.55. The van der Waals surface area contributed by atoms with E-state index in [0.29, 0.717) is 0 Å². The van der Waals surface area contributed by atoms with Crippen molar-refractivity contribution in [2.24, 2.45) is 0 Å². The van der Waals surface area contributed by atoms with Crippen LogP contribution in [0.1, 0.15) is 24.5 Å². The molecule has 3 heteroatoms. The minimum atomic E-state index is -0.156. The Morgan fingerprint density at radius 1 is 0.638 bits per heavy atom. The van der Waals surface area contributed by atoms with Crippen molar-refractivity contribution >= 4 is 60.7 Å². The van der Waals surface area contributed by atoms with Gasteiger partial charge in [0.15, 0.2) is 0 Å². The third-order valence-corrected chi connectivity index (χ3v) is 10.4. The van der Waals surface area contributed by atoms with Crippen LogP contribution in [-0.4, -0.2) is 10.1 Å². The largest absolute Gasteiger partial charge is 0.456 e. The highest BCUT2D eigenvalue weighted by atomic mass is 16.3. The van der Waals surface area contributed by atoms with Crippen molar-refractivity contribution in [1.82, 2.24) is 4.57 Å². The van der Waals surface area contributed by atoms with E-state index < -0.39 is 0 Å².